The smallest absolute Gasteiger partial charge is 0.228 e. The molecule has 1 aromatic heterocycles. The standard InChI is InChI=1S/C14H17N5/c1-2-12-17-13(15)19-14(18-12)16-11-8-7-9-5-3-4-6-10(9)11/h3-6,11H,2,7-8H2,1H3,(H3,15,16,17,18,19). The highest BCUT2D eigenvalue weighted by Crippen LogP contribution is 2.32. The SMILES string of the molecule is CCc1nc(N)nc(NC2CCc3ccccc32)n1. The molecule has 0 radical (unpaired) electrons. The van der Waals surface area contributed by atoms with Gasteiger partial charge in [0.2, 0.25) is 11.9 Å². The maximum Gasteiger partial charge on any atom is 0.228 e. The Kier molecular flexibility index (Phi) is 3.03. The number of aryl methyl sites for hydroxylation is 2. The Morgan fingerprint density at radius 1 is 1.26 bits per heavy atom. The molecule has 3 N–H and O–H groups in total. The number of nitrogen functional groups attached to an aromatic ring is 1. The monoisotopic (exact) mass is 255 g/mol. The van der Waals surface area contributed by atoms with Gasteiger partial charge in [-0.1, -0.05) is 31.2 Å². The third kappa shape index (κ3) is 2.36. The second kappa shape index (κ2) is 4.84. The molecule has 0 fully saturated rings. The second-order valence-electron chi connectivity index (χ2n) is 4.72. The molecule has 19 heavy (non-hydrogen) atoms. The predicted molar refractivity (Wildman–Crippen MR) is 74.7 cm³/mol. The van der Waals surface area contributed by atoms with Gasteiger partial charge in [0.25, 0.3) is 0 Å². The molecule has 0 amide bonds. The second-order valence-corrected chi connectivity index (χ2v) is 4.72. The predicted octanol–water partition coefficient (Wildman–Crippen LogP) is 2.12. The van der Waals surface area contributed by atoms with E-state index in [2.05, 4.69) is 44.5 Å². The summed E-state index contributed by atoms with van der Waals surface area (Å²) in [5.74, 6) is 1.58. The van der Waals surface area contributed by atoms with E-state index in [-0.39, 0.29) is 12.0 Å². The third-order valence-electron chi connectivity index (χ3n) is 3.45. The van der Waals surface area contributed by atoms with Crippen LogP contribution in [0.5, 0.6) is 0 Å². The van der Waals surface area contributed by atoms with E-state index < -0.39 is 0 Å². The van der Waals surface area contributed by atoms with E-state index in [4.69, 9.17) is 5.73 Å². The quantitative estimate of drug-likeness (QED) is 0.878. The van der Waals surface area contributed by atoms with Crippen molar-refractivity contribution < 1.29 is 0 Å². The summed E-state index contributed by atoms with van der Waals surface area (Å²) in [6.45, 7) is 2.00. The number of aromatic nitrogens is 3. The van der Waals surface area contributed by atoms with Gasteiger partial charge in [0, 0.05) is 6.42 Å². The van der Waals surface area contributed by atoms with E-state index in [1.807, 2.05) is 6.92 Å². The molecule has 5 nitrogen and oxygen atoms in total. The van der Waals surface area contributed by atoms with Crippen LogP contribution in [0.3, 0.4) is 0 Å². The van der Waals surface area contributed by atoms with Crippen molar-refractivity contribution >= 4 is 11.9 Å². The minimum atomic E-state index is 0.266. The number of nitrogens with two attached hydrogens (primary N) is 1. The molecule has 0 bridgehead atoms. The van der Waals surface area contributed by atoms with Gasteiger partial charge in [0.15, 0.2) is 0 Å². The summed E-state index contributed by atoms with van der Waals surface area (Å²) in [7, 11) is 0. The molecule has 1 aromatic carbocycles. The van der Waals surface area contributed by atoms with Gasteiger partial charge >= 0.3 is 0 Å². The zero-order chi connectivity index (χ0) is 13.2. The van der Waals surface area contributed by atoms with Crippen molar-refractivity contribution in [3.8, 4) is 0 Å². The van der Waals surface area contributed by atoms with Gasteiger partial charge in [-0.15, -0.1) is 0 Å². The molecule has 0 saturated carbocycles. The average molecular weight is 255 g/mol. The molecule has 5 heteroatoms. The van der Waals surface area contributed by atoms with Gasteiger partial charge in [0.05, 0.1) is 6.04 Å². The molecule has 1 aliphatic rings. The van der Waals surface area contributed by atoms with E-state index in [9.17, 15) is 0 Å². The zero-order valence-electron chi connectivity index (χ0n) is 10.9. The number of benzene rings is 1. The van der Waals surface area contributed by atoms with Crippen molar-refractivity contribution in [3.05, 3.63) is 41.2 Å². The summed E-state index contributed by atoms with van der Waals surface area (Å²) >= 11 is 0. The van der Waals surface area contributed by atoms with Crippen LogP contribution >= 0.6 is 0 Å². The Hall–Kier alpha value is -2.17. The van der Waals surface area contributed by atoms with E-state index in [0.717, 1.165) is 25.1 Å². The average Bonchev–Trinajstić information content (AvgIpc) is 2.82. The van der Waals surface area contributed by atoms with Crippen molar-refractivity contribution in [2.75, 3.05) is 11.1 Å². The van der Waals surface area contributed by atoms with Crippen LogP contribution in [0.25, 0.3) is 0 Å². The van der Waals surface area contributed by atoms with E-state index in [1.54, 1.807) is 0 Å². The highest BCUT2D eigenvalue weighted by Gasteiger charge is 2.22. The first-order valence-electron chi connectivity index (χ1n) is 6.61. The first-order chi connectivity index (χ1) is 9.26. The van der Waals surface area contributed by atoms with Crippen LogP contribution < -0.4 is 11.1 Å². The van der Waals surface area contributed by atoms with Gasteiger partial charge in [-0.2, -0.15) is 15.0 Å². The fourth-order valence-corrected chi connectivity index (χ4v) is 2.52. The van der Waals surface area contributed by atoms with E-state index in [0.29, 0.717) is 5.95 Å². The highest BCUT2D eigenvalue weighted by molar-refractivity contribution is 5.41. The summed E-state index contributed by atoms with van der Waals surface area (Å²) < 4.78 is 0. The lowest BCUT2D eigenvalue weighted by atomic mass is 10.1. The molecule has 3 rings (SSSR count). The summed E-state index contributed by atoms with van der Waals surface area (Å²) in [5.41, 5.74) is 8.44. The van der Waals surface area contributed by atoms with Crippen LogP contribution in [0.1, 0.15) is 36.3 Å². The van der Waals surface area contributed by atoms with Crippen LogP contribution in [0.2, 0.25) is 0 Å². The number of hydrogen-bond donors (Lipinski definition) is 2. The topological polar surface area (TPSA) is 76.7 Å². The van der Waals surface area contributed by atoms with Gasteiger partial charge in [-0.25, -0.2) is 0 Å². The van der Waals surface area contributed by atoms with E-state index >= 15 is 0 Å². The van der Waals surface area contributed by atoms with Gasteiger partial charge in [0.1, 0.15) is 5.82 Å². The summed E-state index contributed by atoms with van der Waals surface area (Å²) in [6.07, 6.45) is 2.91. The molecule has 0 aliphatic heterocycles. The van der Waals surface area contributed by atoms with Crippen LogP contribution in [-0.2, 0) is 12.8 Å². The lowest BCUT2D eigenvalue weighted by molar-refractivity contribution is 0.745. The largest absolute Gasteiger partial charge is 0.368 e. The Bertz CT molecular complexity index is 596. The molecule has 1 aliphatic carbocycles. The molecule has 0 saturated heterocycles. The van der Waals surface area contributed by atoms with Crippen molar-refractivity contribution in [2.24, 2.45) is 0 Å². The lowest BCUT2D eigenvalue weighted by Gasteiger charge is -2.14. The van der Waals surface area contributed by atoms with Gasteiger partial charge < -0.3 is 11.1 Å². The maximum absolute atomic E-state index is 5.70. The fourth-order valence-electron chi connectivity index (χ4n) is 2.52. The Balaban J connectivity index is 1.85. The number of anilines is 2. The van der Waals surface area contributed by atoms with Crippen LogP contribution in [0.15, 0.2) is 24.3 Å². The number of nitrogens with zero attached hydrogens (tertiary/aromatic N) is 3. The molecule has 2 aromatic rings. The van der Waals surface area contributed by atoms with Crippen LogP contribution in [0, 0.1) is 0 Å². The molecule has 98 valence electrons. The highest BCUT2D eigenvalue weighted by atomic mass is 15.2. The van der Waals surface area contributed by atoms with Gasteiger partial charge in [-0.05, 0) is 24.0 Å². The number of rotatable bonds is 3. The van der Waals surface area contributed by atoms with Crippen molar-refractivity contribution in [2.45, 2.75) is 32.2 Å². The minimum Gasteiger partial charge on any atom is -0.368 e. The van der Waals surface area contributed by atoms with Crippen molar-refractivity contribution in [1.29, 1.82) is 0 Å². The molecule has 0 spiro atoms. The first-order valence-corrected chi connectivity index (χ1v) is 6.61. The van der Waals surface area contributed by atoms with Crippen molar-refractivity contribution in [1.82, 2.24) is 15.0 Å². The summed E-state index contributed by atoms with van der Waals surface area (Å²) in [5, 5.41) is 3.37. The first kappa shape index (κ1) is 11.9. The number of fused-ring (bicyclic) bond motifs is 1. The molecular formula is C14H17N5. The summed E-state index contributed by atoms with van der Waals surface area (Å²) in [4.78, 5) is 12.6. The fraction of sp³-hybridized carbons (Fsp3) is 0.357. The van der Waals surface area contributed by atoms with Crippen molar-refractivity contribution in [3.63, 3.8) is 0 Å². The number of hydrogen-bond acceptors (Lipinski definition) is 5. The Morgan fingerprint density at radius 3 is 2.95 bits per heavy atom. The van der Waals surface area contributed by atoms with E-state index in [1.165, 1.54) is 11.1 Å². The van der Waals surface area contributed by atoms with Gasteiger partial charge in [-0.3, -0.25) is 0 Å². The maximum atomic E-state index is 5.70. The molecular weight excluding hydrogens is 238 g/mol. The zero-order valence-corrected chi connectivity index (χ0v) is 10.9. The normalized spacial score (nSPS) is 17.2. The molecule has 1 heterocycles. The van der Waals surface area contributed by atoms with Crippen LogP contribution in [-0.4, -0.2) is 15.0 Å². The van der Waals surface area contributed by atoms with Crippen LogP contribution in [0.4, 0.5) is 11.9 Å². The minimum absolute atomic E-state index is 0.266. The number of nitrogens with one attached hydrogen (secondary N) is 1. The third-order valence-corrected chi connectivity index (χ3v) is 3.45. The Labute approximate surface area is 112 Å². The molecule has 1 unspecified atom stereocenters. The lowest BCUT2D eigenvalue weighted by Crippen LogP contribution is -2.13. The molecule has 1 atom stereocenters. The Morgan fingerprint density at radius 2 is 2.11 bits per heavy atom. The summed E-state index contributed by atoms with van der Waals surface area (Å²) in [6, 6.07) is 8.75.